The number of ether oxygens (including phenoxy) is 3. The van der Waals surface area contributed by atoms with Crippen LogP contribution in [-0.2, 0) is 28.6 Å². The number of quaternary nitrogens is 1. The van der Waals surface area contributed by atoms with Gasteiger partial charge in [0.25, 0.3) is 0 Å². The van der Waals surface area contributed by atoms with E-state index < -0.39 is 18.1 Å². The molecule has 306 valence electrons. The highest BCUT2D eigenvalue weighted by atomic mass is 16.6. The summed E-state index contributed by atoms with van der Waals surface area (Å²) in [5.74, 6) is -1.92. The van der Waals surface area contributed by atoms with Gasteiger partial charge in [0.15, 0.2) is 6.10 Å². The van der Waals surface area contributed by atoms with Crippen molar-refractivity contribution in [3.63, 3.8) is 0 Å². The van der Waals surface area contributed by atoms with Crippen molar-refractivity contribution in [2.75, 3.05) is 41.0 Å². The van der Waals surface area contributed by atoms with Crippen LogP contribution in [0.4, 0.5) is 0 Å². The van der Waals surface area contributed by atoms with Crippen molar-refractivity contribution in [1.82, 2.24) is 0 Å². The van der Waals surface area contributed by atoms with Crippen LogP contribution in [0.1, 0.15) is 104 Å². The van der Waals surface area contributed by atoms with Crippen molar-refractivity contribution < 1.29 is 38.2 Å². The first-order chi connectivity index (χ1) is 26.6. The van der Waals surface area contributed by atoms with Crippen LogP contribution >= 0.6 is 0 Å². The molecule has 0 fully saturated rings. The Morgan fingerprint density at radius 3 is 1.64 bits per heavy atom. The topological polar surface area (TPSA) is 102 Å². The quantitative estimate of drug-likeness (QED) is 0.0216. The number of carboxylic acid groups (broad SMARTS) is 1. The van der Waals surface area contributed by atoms with E-state index in [4.69, 9.17) is 14.2 Å². The zero-order valence-corrected chi connectivity index (χ0v) is 34.5. The standard InChI is InChI=1S/C47H71NO7/c1-6-8-10-12-14-16-18-20-22-24-25-27-29-31-33-35-37-45(49)54-42-43(41-53-40-39-44(47(51)52)48(3,4)5)55-46(50)38-36-34-32-30-28-26-23-21-19-17-15-13-11-9-7-2/h8-11,13-17,19-23,25-28,31,33,43-44H,6-7,12,18,24,29-30,32,34-42H2,1-5H3/b10-8+,11-9+,15-13+,16-14+,19-17+,22-20+,23-21+,27-25+,28-26+,33-31+. The van der Waals surface area contributed by atoms with Crippen LogP contribution in [0.25, 0.3) is 0 Å². The van der Waals surface area contributed by atoms with E-state index in [1.54, 1.807) is 21.1 Å². The maximum absolute atomic E-state index is 12.7. The maximum Gasteiger partial charge on any atom is 0.306 e. The maximum atomic E-state index is 12.7. The lowest BCUT2D eigenvalue weighted by Gasteiger charge is -2.34. The molecule has 0 aromatic carbocycles. The summed E-state index contributed by atoms with van der Waals surface area (Å²) < 4.78 is 17.0. The SMILES string of the molecule is CC/C=C/C=C/C=C/C=C/C=C/CCCCCC(=O)OC(COCCC(C(=O)[O-])[N+](C)(C)C)COC(=O)CC/C=C/C/C=C/C/C=C/C/C=C/C/C=C/CC. The van der Waals surface area contributed by atoms with Gasteiger partial charge in [0.05, 0.1) is 40.3 Å². The summed E-state index contributed by atoms with van der Waals surface area (Å²) in [5.41, 5.74) is 0. The number of nitrogens with zero attached hydrogens (tertiary/aromatic N) is 1. The van der Waals surface area contributed by atoms with Gasteiger partial charge in [-0.2, -0.15) is 0 Å². The number of esters is 2. The van der Waals surface area contributed by atoms with Crippen molar-refractivity contribution >= 4 is 17.9 Å². The van der Waals surface area contributed by atoms with Crippen LogP contribution in [0, 0.1) is 0 Å². The molecule has 0 aromatic heterocycles. The Morgan fingerprint density at radius 2 is 1.09 bits per heavy atom. The summed E-state index contributed by atoms with van der Waals surface area (Å²) in [5, 5.41) is 11.6. The number of rotatable bonds is 33. The van der Waals surface area contributed by atoms with Crippen molar-refractivity contribution in [3.05, 3.63) is 122 Å². The molecule has 8 heteroatoms. The lowest BCUT2D eigenvalue weighted by atomic mass is 10.1. The van der Waals surface area contributed by atoms with Crippen LogP contribution in [0.3, 0.4) is 0 Å². The Hall–Kier alpha value is -4.27. The Bertz CT molecular complexity index is 1300. The van der Waals surface area contributed by atoms with Gasteiger partial charge in [-0.1, -0.05) is 142 Å². The van der Waals surface area contributed by atoms with Gasteiger partial charge >= 0.3 is 11.9 Å². The number of carbonyl (C=O) groups excluding carboxylic acids is 3. The number of aliphatic carboxylic acids is 1. The molecule has 0 aromatic rings. The number of unbranched alkanes of at least 4 members (excludes halogenated alkanes) is 3. The van der Waals surface area contributed by atoms with E-state index in [-0.39, 0.29) is 55.5 Å². The van der Waals surface area contributed by atoms with Crippen LogP contribution in [0.15, 0.2) is 122 Å². The smallest absolute Gasteiger partial charge is 0.306 e. The lowest BCUT2D eigenvalue weighted by Crippen LogP contribution is -2.55. The Labute approximate surface area is 333 Å². The summed E-state index contributed by atoms with van der Waals surface area (Å²) in [6.45, 7) is 4.23. The van der Waals surface area contributed by atoms with Gasteiger partial charge < -0.3 is 28.6 Å². The first kappa shape index (κ1) is 50.7. The van der Waals surface area contributed by atoms with E-state index in [9.17, 15) is 19.5 Å². The highest BCUT2D eigenvalue weighted by molar-refractivity contribution is 5.70. The molecule has 2 unspecified atom stereocenters. The van der Waals surface area contributed by atoms with E-state index in [1.807, 2.05) is 60.8 Å². The summed E-state index contributed by atoms with van der Waals surface area (Å²) in [4.78, 5) is 36.7. The zero-order chi connectivity index (χ0) is 40.7. The molecule has 0 rings (SSSR count). The molecular formula is C47H71NO7. The molecule has 0 N–H and O–H groups in total. The fraction of sp³-hybridized carbons (Fsp3) is 0.511. The van der Waals surface area contributed by atoms with Crippen molar-refractivity contribution in [2.45, 2.75) is 116 Å². The molecule has 0 radical (unpaired) electrons. The second-order valence-electron chi connectivity index (χ2n) is 13.9. The van der Waals surface area contributed by atoms with Gasteiger partial charge in [-0.05, 0) is 64.2 Å². The molecule has 2 atom stereocenters. The summed E-state index contributed by atoms with van der Waals surface area (Å²) in [7, 11) is 5.34. The van der Waals surface area contributed by atoms with Gasteiger partial charge in [0.2, 0.25) is 0 Å². The minimum absolute atomic E-state index is 0.00953. The largest absolute Gasteiger partial charge is 0.544 e. The molecular weight excluding hydrogens is 691 g/mol. The third-order valence-corrected chi connectivity index (χ3v) is 7.98. The van der Waals surface area contributed by atoms with Gasteiger partial charge in [-0.3, -0.25) is 9.59 Å². The monoisotopic (exact) mass is 762 g/mol. The fourth-order valence-electron chi connectivity index (χ4n) is 4.90. The second-order valence-corrected chi connectivity index (χ2v) is 13.9. The molecule has 0 aliphatic heterocycles. The summed E-state index contributed by atoms with van der Waals surface area (Å²) in [6.07, 6.45) is 51.0. The van der Waals surface area contributed by atoms with Crippen LogP contribution in [-0.4, -0.2) is 75.5 Å². The van der Waals surface area contributed by atoms with Crippen molar-refractivity contribution in [2.24, 2.45) is 0 Å². The number of carboxylic acids is 1. The van der Waals surface area contributed by atoms with E-state index in [1.165, 1.54) is 0 Å². The molecule has 55 heavy (non-hydrogen) atoms. The van der Waals surface area contributed by atoms with E-state index in [0.717, 1.165) is 57.8 Å². The fourth-order valence-corrected chi connectivity index (χ4v) is 4.90. The lowest BCUT2D eigenvalue weighted by molar-refractivity contribution is -0.889. The number of carbonyl (C=O) groups is 3. The number of likely N-dealkylation sites (N-methyl/N-ethyl adjacent to an activating group) is 1. The molecule has 0 aliphatic carbocycles. The van der Waals surface area contributed by atoms with Crippen LogP contribution in [0.5, 0.6) is 0 Å². The Morgan fingerprint density at radius 1 is 0.564 bits per heavy atom. The predicted molar refractivity (Wildman–Crippen MR) is 226 cm³/mol. The predicted octanol–water partition coefficient (Wildman–Crippen LogP) is 9.35. The number of allylic oxidation sites excluding steroid dienone is 20. The minimum atomic E-state index is -1.15. The highest BCUT2D eigenvalue weighted by Crippen LogP contribution is 2.10. The molecule has 0 amide bonds. The molecule has 0 bridgehead atoms. The Kier molecular flexibility index (Phi) is 33.8. The van der Waals surface area contributed by atoms with Gasteiger partial charge in [-0.25, -0.2) is 0 Å². The number of hydrogen-bond donors (Lipinski definition) is 0. The summed E-state index contributed by atoms with van der Waals surface area (Å²) >= 11 is 0. The summed E-state index contributed by atoms with van der Waals surface area (Å²) in [6, 6.07) is -0.752. The molecule has 0 saturated carbocycles. The van der Waals surface area contributed by atoms with Gasteiger partial charge in [-0.15, -0.1) is 0 Å². The first-order valence-electron chi connectivity index (χ1n) is 20.1. The van der Waals surface area contributed by atoms with Crippen LogP contribution < -0.4 is 5.11 Å². The normalized spacial score (nSPS) is 14.3. The average molecular weight is 762 g/mol. The molecule has 0 spiro atoms. The molecule has 0 saturated heterocycles. The number of hydrogen-bond acceptors (Lipinski definition) is 7. The molecule has 8 nitrogen and oxygen atoms in total. The van der Waals surface area contributed by atoms with Gasteiger partial charge in [0, 0.05) is 19.3 Å². The van der Waals surface area contributed by atoms with Gasteiger partial charge in [0.1, 0.15) is 12.6 Å². The molecule has 0 aliphatic rings. The van der Waals surface area contributed by atoms with Crippen molar-refractivity contribution in [3.8, 4) is 0 Å². The average Bonchev–Trinajstić information content (AvgIpc) is 3.14. The molecule has 0 heterocycles. The first-order valence-corrected chi connectivity index (χ1v) is 20.1. The second kappa shape index (κ2) is 36.7. The van der Waals surface area contributed by atoms with E-state index in [2.05, 4.69) is 74.6 Å². The Balaban J connectivity index is 4.63. The minimum Gasteiger partial charge on any atom is -0.544 e. The van der Waals surface area contributed by atoms with Crippen LogP contribution in [0.2, 0.25) is 0 Å². The third-order valence-electron chi connectivity index (χ3n) is 7.98. The highest BCUT2D eigenvalue weighted by Gasteiger charge is 2.25. The zero-order valence-electron chi connectivity index (χ0n) is 34.5. The third kappa shape index (κ3) is 35.2. The van der Waals surface area contributed by atoms with E-state index in [0.29, 0.717) is 12.8 Å². The van der Waals surface area contributed by atoms with Crippen molar-refractivity contribution in [1.29, 1.82) is 0 Å². The van der Waals surface area contributed by atoms with E-state index >= 15 is 0 Å².